The number of aliphatic carboxylic acids is 1. The molecule has 7 heteroatoms. The number of methoxy groups -OCH3 is 1. The molecule has 0 amide bonds. The molecule has 2 heterocycles. The number of rotatable bonds is 13. The number of carbonyl (C=O) groups is 1. The van der Waals surface area contributed by atoms with Crippen molar-refractivity contribution in [2.75, 3.05) is 7.11 Å². The highest BCUT2D eigenvalue weighted by atomic mass is 32.1. The lowest BCUT2D eigenvalue weighted by Gasteiger charge is -2.33. The summed E-state index contributed by atoms with van der Waals surface area (Å²) >= 11 is 1.59. The van der Waals surface area contributed by atoms with E-state index in [1.165, 1.54) is 18.1 Å². The summed E-state index contributed by atoms with van der Waals surface area (Å²) in [5.74, 6) is 0.543. The Kier molecular flexibility index (Phi) is 13.4. The largest absolute Gasteiger partial charge is 0.481 e. The Labute approximate surface area is 215 Å². The van der Waals surface area contributed by atoms with Gasteiger partial charge >= 0.3 is 5.97 Å². The normalized spacial score (nSPS) is 13.7. The minimum Gasteiger partial charge on any atom is -0.481 e. The molecule has 2 aromatic heterocycles. The van der Waals surface area contributed by atoms with E-state index in [2.05, 4.69) is 44.6 Å². The van der Waals surface area contributed by atoms with E-state index in [4.69, 9.17) is 4.74 Å². The molecule has 0 aliphatic heterocycles. The molecule has 2 aromatic rings. The van der Waals surface area contributed by atoms with Crippen LogP contribution >= 0.6 is 11.3 Å². The van der Waals surface area contributed by atoms with Crippen LogP contribution in [0.4, 0.5) is 4.39 Å². The van der Waals surface area contributed by atoms with Crippen molar-refractivity contribution in [2.24, 2.45) is 17.3 Å². The zero-order valence-electron chi connectivity index (χ0n) is 22.9. The summed E-state index contributed by atoms with van der Waals surface area (Å²) in [6, 6.07) is 1.42. The van der Waals surface area contributed by atoms with Gasteiger partial charge in [0.15, 0.2) is 0 Å². The van der Waals surface area contributed by atoms with Gasteiger partial charge in [-0.05, 0) is 56.9 Å². The number of nitrogens with zero attached hydrogens (tertiary/aromatic N) is 2. The van der Waals surface area contributed by atoms with Crippen LogP contribution < -0.4 is 4.74 Å². The number of unbranched alkanes of at least 4 members (excludes halogenated alkanes) is 1. The maximum absolute atomic E-state index is 13.3. The van der Waals surface area contributed by atoms with Crippen molar-refractivity contribution < 1.29 is 19.0 Å². The number of ether oxygens (including phenoxy) is 1. The molecule has 0 aliphatic rings. The molecule has 0 aromatic carbocycles. The average molecular weight is 509 g/mol. The molecule has 2 atom stereocenters. The Balaban J connectivity index is 0.000000357. The van der Waals surface area contributed by atoms with Crippen LogP contribution in [-0.4, -0.2) is 28.2 Å². The van der Waals surface area contributed by atoms with Crippen LogP contribution in [0.5, 0.6) is 5.88 Å². The molecule has 0 saturated carbocycles. The van der Waals surface area contributed by atoms with Crippen molar-refractivity contribution in [1.29, 1.82) is 0 Å². The van der Waals surface area contributed by atoms with Gasteiger partial charge in [-0.2, -0.15) is 0 Å². The number of thiazole rings is 1. The monoisotopic (exact) mass is 508 g/mol. The number of halogens is 1. The van der Waals surface area contributed by atoms with Crippen molar-refractivity contribution >= 4 is 17.3 Å². The second-order valence-electron chi connectivity index (χ2n) is 9.65. The number of carboxylic acid groups (broad SMARTS) is 1. The number of aromatic nitrogens is 2. The molecule has 2 rings (SSSR count). The number of aryl methyl sites for hydroxylation is 2. The molecule has 35 heavy (non-hydrogen) atoms. The molecule has 0 radical (unpaired) electrons. The molecular formula is C28H45FN2O3S. The molecule has 198 valence electrons. The number of carboxylic acids is 1. The summed E-state index contributed by atoms with van der Waals surface area (Å²) in [6.45, 7) is 14.8. The lowest BCUT2D eigenvalue weighted by Crippen LogP contribution is -2.33. The minimum atomic E-state index is -0.601. The van der Waals surface area contributed by atoms with Gasteiger partial charge in [-0.1, -0.05) is 60.8 Å². The second-order valence-corrected chi connectivity index (χ2v) is 10.7. The Morgan fingerprint density at radius 2 is 1.91 bits per heavy atom. The molecule has 2 unspecified atom stereocenters. The summed E-state index contributed by atoms with van der Waals surface area (Å²) in [4.78, 5) is 21.2. The lowest BCUT2D eigenvalue weighted by molar-refractivity contribution is -0.151. The maximum atomic E-state index is 13.3. The van der Waals surface area contributed by atoms with Gasteiger partial charge < -0.3 is 9.84 Å². The fraction of sp³-hybridized carbons (Fsp3) is 0.679. The van der Waals surface area contributed by atoms with Crippen LogP contribution in [-0.2, 0) is 11.2 Å². The summed E-state index contributed by atoms with van der Waals surface area (Å²) < 4.78 is 18.5. The third kappa shape index (κ3) is 8.85. The van der Waals surface area contributed by atoms with Crippen LogP contribution in [0.2, 0.25) is 0 Å². The van der Waals surface area contributed by atoms with E-state index in [1.807, 2.05) is 13.8 Å². The van der Waals surface area contributed by atoms with Gasteiger partial charge in [-0.15, -0.1) is 11.3 Å². The first-order chi connectivity index (χ1) is 16.6. The van der Waals surface area contributed by atoms with Gasteiger partial charge in [-0.25, -0.2) is 14.4 Å². The Bertz CT molecular complexity index is 916. The van der Waals surface area contributed by atoms with Gasteiger partial charge in [0.2, 0.25) is 5.88 Å². The van der Waals surface area contributed by atoms with Crippen LogP contribution in [0.15, 0.2) is 12.3 Å². The van der Waals surface area contributed by atoms with Gasteiger partial charge in [0.1, 0.15) is 10.8 Å². The van der Waals surface area contributed by atoms with Gasteiger partial charge in [0, 0.05) is 4.88 Å². The molecule has 0 bridgehead atoms. The molecule has 1 N–H and O–H groups in total. The first kappa shape index (κ1) is 31.0. The van der Waals surface area contributed by atoms with E-state index in [0.717, 1.165) is 68.3 Å². The SMILES string of the molecule is CCCC(CC)(CC(CC)C(C)C)C(=O)O.CCCCc1sc(-c2cc(F)cnc2OC)nc1C. The smallest absolute Gasteiger partial charge is 0.309 e. The van der Waals surface area contributed by atoms with Crippen molar-refractivity contribution in [2.45, 2.75) is 99.8 Å². The molecule has 0 fully saturated rings. The zero-order valence-corrected chi connectivity index (χ0v) is 23.7. The predicted molar refractivity (Wildman–Crippen MR) is 144 cm³/mol. The molecule has 0 saturated heterocycles. The predicted octanol–water partition coefficient (Wildman–Crippen LogP) is 8.34. The Hall–Kier alpha value is -2.02. The number of hydrogen-bond acceptors (Lipinski definition) is 5. The highest BCUT2D eigenvalue weighted by molar-refractivity contribution is 7.15. The van der Waals surface area contributed by atoms with E-state index < -0.39 is 11.4 Å². The second kappa shape index (κ2) is 15.2. The first-order valence-corrected chi connectivity index (χ1v) is 13.8. The van der Waals surface area contributed by atoms with Gasteiger partial charge in [0.25, 0.3) is 0 Å². The quantitative estimate of drug-likeness (QED) is 0.294. The fourth-order valence-corrected chi connectivity index (χ4v) is 5.57. The topological polar surface area (TPSA) is 72.3 Å². The van der Waals surface area contributed by atoms with Crippen molar-refractivity contribution in [3.63, 3.8) is 0 Å². The van der Waals surface area contributed by atoms with Crippen LogP contribution in [0, 0.1) is 30.0 Å². The Morgan fingerprint density at radius 1 is 1.23 bits per heavy atom. The summed E-state index contributed by atoms with van der Waals surface area (Å²) in [5.41, 5.74) is 1.15. The first-order valence-electron chi connectivity index (χ1n) is 13.0. The zero-order chi connectivity index (χ0) is 26.6. The minimum absolute atomic E-state index is 0.376. The average Bonchev–Trinajstić information content (AvgIpc) is 3.20. The fourth-order valence-electron chi connectivity index (χ4n) is 4.46. The van der Waals surface area contributed by atoms with E-state index >= 15 is 0 Å². The summed E-state index contributed by atoms with van der Waals surface area (Å²) in [5, 5.41) is 10.3. The number of pyridine rings is 1. The standard InChI is InChI=1S/C14H17FN2OS.C14H28O2/c1-4-5-6-12-9(2)17-14(19-12)11-7-10(15)8-16-13(11)18-3;1-6-9-14(8-3,13(15)16)10-12(7-2)11(4)5/h7-8H,4-6H2,1-3H3;11-12H,6-10H2,1-5H3,(H,15,16). The summed E-state index contributed by atoms with van der Waals surface area (Å²) in [7, 11) is 1.53. The third-order valence-electron chi connectivity index (χ3n) is 6.87. The van der Waals surface area contributed by atoms with Crippen molar-refractivity contribution in [3.05, 3.63) is 28.7 Å². The van der Waals surface area contributed by atoms with Gasteiger partial charge in [-0.3, -0.25) is 4.79 Å². The van der Waals surface area contributed by atoms with E-state index in [-0.39, 0.29) is 5.82 Å². The third-order valence-corrected chi connectivity index (χ3v) is 8.12. The van der Waals surface area contributed by atoms with Crippen LogP contribution in [0.25, 0.3) is 10.6 Å². The molecular weight excluding hydrogens is 463 g/mol. The maximum Gasteiger partial charge on any atom is 0.309 e. The molecule has 0 aliphatic carbocycles. The van der Waals surface area contributed by atoms with Crippen molar-refractivity contribution in [3.8, 4) is 16.5 Å². The highest BCUT2D eigenvalue weighted by Crippen LogP contribution is 2.39. The van der Waals surface area contributed by atoms with Crippen molar-refractivity contribution in [1.82, 2.24) is 9.97 Å². The summed E-state index contributed by atoms with van der Waals surface area (Å²) in [6.07, 6.45) is 8.89. The molecule has 5 nitrogen and oxygen atoms in total. The lowest BCUT2D eigenvalue weighted by atomic mass is 9.71. The van der Waals surface area contributed by atoms with E-state index in [9.17, 15) is 14.3 Å². The Morgan fingerprint density at radius 3 is 2.40 bits per heavy atom. The van der Waals surface area contributed by atoms with E-state index in [1.54, 1.807) is 11.3 Å². The van der Waals surface area contributed by atoms with Crippen LogP contribution in [0.3, 0.4) is 0 Å². The van der Waals surface area contributed by atoms with Gasteiger partial charge in [0.05, 0.1) is 30.0 Å². The molecule has 0 spiro atoms. The highest BCUT2D eigenvalue weighted by Gasteiger charge is 2.38. The van der Waals surface area contributed by atoms with E-state index in [0.29, 0.717) is 23.3 Å². The number of hydrogen-bond donors (Lipinski definition) is 1. The van der Waals surface area contributed by atoms with Crippen LogP contribution in [0.1, 0.15) is 97.1 Å².